The van der Waals surface area contributed by atoms with E-state index in [9.17, 15) is 19.7 Å². The first-order valence-electron chi connectivity index (χ1n) is 11.3. The Morgan fingerprint density at radius 1 is 1.21 bits per heavy atom. The third-order valence-electron chi connectivity index (χ3n) is 5.83. The number of fused-ring (bicyclic) bond motifs is 1. The van der Waals surface area contributed by atoms with Gasteiger partial charge in [0.15, 0.2) is 0 Å². The number of benzene rings is 1. The second kappa shape index (κ2) is 10.3. The lowest BCUT2D eigenvalue weighted by atomic mass is 9.95. The summed E-state index contributed by atoms with van der Waals surface area (Å²) in [6, 6.07) is 4.70. The fourth-order valence-electron chi connectivity index (χ4n) is 3.97. The summed E-state index contributed by atoms with van der Waals surface area (Å²) in [6.07, 6.45) is 6.40. The summed E-state index contributed by atoms with van der Waals surface area (Å²) < 4.78 is 5.03. The van der Waals surface area contributed by atoms with Crippen molar-refractivity contribution in [2.24, 2.45) is 0 Å². The number of thiophene rings is 1. The molecule has 3 N–H and O–H groups in total. The topological polar surface area (TPSA) is 123 Å². The average Bonchev–Trinajstić information content (AvgIpc) is 3.54. The number of hydrogen-bond donors (Lipinski definition) is 3. The molecule has 1 aromatic carbocycles. The molecule has 1 fully saturated rings. The van der Waals surface area contributed by atoms with Crippen LogP contribution in [-0.4, -0.2) is 43.0 Å². The van der Waals surface area contributed by atoms with Gasteiger partial charge in [-0.3, -0.25) is 19.7 Å². The SMILES string of the molecule is COCCCNC(=O)c1c(NC(=O)c2ccc(NC3CC3)c([N+](=O)[O-])c2)sc2c1CCCC2. The summed E-state index contributed by atoms with van der Waals surface area (Å²) in [7, 11) is 1.61. The van der Waals surface area contributed by atoms with Gasteiger partial charge in [-0.2, -0.15) is 0 Å². The van der Waals surface area contributed by atoms with Gasteiger partial charge in [0.25, 0.3) is 17.5 Å². The van der Waals surface area contributed by atoms with E-state index in [4.69, 9.17) is 4.74 Å². The van der Waals surface area contributed by atoms with Crippen LogP contribution in [0.25, 0.3) is 0 Å². The Kier molecular flexibility index (Phi) is 7.24. The number of rotatable bonds is 10. The van der Waals surface area contributed by atoms with Gasteiger partial charge in [-0.15, -0.1) is 11.3 Å². The molecule has 2 amide bonds. The van der Waals surface area contributed by atoms with Crippen molar-refractivity contribution in [3.8, 4) is 0 Å². The van der Waals surface area contributed by atoms with Crippen LogP contribution in [0, 0.1) is 10.1 Å². The van der Waals surface area contributed by atoms with Gasteiger partial charge in [0.2, 0.25) is 0 Å². The first-order chi connectivity index (χ1) is 16.0. The average molecular weight is 473 g/mol. The number of carbonyl (C=O) groups excluding carboxylic acids is 2. The Morgan fingerprint density at radius 3 is 2.73 bits per heavy atom. The van der Waals surface area contributed by atoms with Gasteiger partial charge < -0.3 is 20.7 Å². The molecule has 0 spiro atoms. The number of carbonyl (C=O) groups is 2. The highest BCUT2D eigenvalue weighted by Gasteiger charge is 2.28. The van der Waals surface area contributed by atoms with Crippen LogP contribution in [-0.2, 0) is 17.6 Å². The van der Waals surface area contributed by atoms with E-state index in [2.05, 4.69) is 16.0 Å². The van der Waals surface area contributed by atoms with Crippen LogP contribution in [0.1, 0.15) is 63.3 Å². The third-order valence-corrected chi connectivity index (χ3v) is 7.04. The number of nitro benzene ring substituents is 1. The minimum atomic E-state index is -0.482. The van der Waals surface area contributed by atoms with E-state index in [1.165, 1.54) is 17.4 Å². The highest BCUT2D eigenvalue weighted by molar-refractivity contribution is 7.17. The van der Waals surface area contributed by atoms with Crippen LogP contribution in [0.2, 0.25) is 0 Å². The first-order valence-corrected chi connectivity index (χ1v) is 12.1. The first kappa shape index (κ1) is 23.2. The standard InChI is InChI=1S/C23H28N4O5S/c1-32-12-4-11-24-22(29)20-16-5-2-3-6-19(16)33-23(20)26-21(28)14-7-10-17(25-15-8-9-15)18(13-14)27(30)31/h7,10,13,15,25H,2-6,8-9,11-12H2,1H3,(H,24,29)(H,26,28). The van der Waals surface area contributed by atoms with Crippen molar-refractivity contribution in [3.63, 3.8) is 0 Å². The van der Waals surface area contributed by atoms with Crippen LogP contribution in [0.15, 0.2) is 18.2 Å². The summed E-state index contributed by atoms with van der Waals surface area (Å²) >= 11 is 1.42. The second-order valence-corrected chi connectivity index (χ2v) is 9.48. The Bertz CT molecular complexity index is 1060. The monoisotopic (exact) mass is 472 g/mol. The summed E-state index contributed by atoms with van der Waals surface area (Å²) in [5.41, 5.74) is 1.99. The van der Waals surface area contributed by atoms with E-state index in [1.54, 1.807) is 19.2 Å². The lowest BCUT2D eigenvalue weighted by Crippen LogP contribution is -2.27. The molecule has 0 unspecified atom stereocenters. The highest BCUT2D eigenvalue weighted by atomic mass is 32.1. The van der Waals surface area contributed by atoms with Crippen LogP contribution in [0.5, 0.6) is 0 Å². The van der Waals surface area contributed by atoms with Crippen molar-refractivity contribution in [1.29, 1.82) is 0 Å². The van der Waals surface area contributed by atoms with Crippen LogP contribution >= 0.6 is 11.3 Å². The van der Waals surface area contributed by atoms with Crippen molar-refractivity contribution >= 4 is 39.5 Å². The zero-order valence-electron chi connectivity index (χ0n) is 18.6. The summed E-state index contributed by atoms with van der Waals surface area (Å²) in [5, 5.41) is 21.0. The molecule has 176 valence electrons. The summed E-state index contributed by atoms with van der Waals surface area (Å²) in [5.74, 6) is -0.682. The molecular weight excluding hydrogens is 444 g/mol. The number of hydrogen-bond acceptors (Lipinski definition) is 7. The quantitative estimate of drug-likeness (QED) is 0.271. The molecule has 2 aliphatic carbocycles. The predicted octanol–water partition coefficient (Wildman–Crippen LogP) is 4.13. The molecular formula is C23H28N4O5S. The molecule has 2 aliphatic rings. The summed E-state index contributed by atoms with van der Waals surface area (Å²) in [4.78, 5) is 38.2. The van der Waals surface area contributed by atoms with Gasteiger partial charge in [0, 0.05) is 42.8 Å². The molecule has 9 nitrogen and oxygen atoms in total. The van der Waals surface area contributed by atoms with Gasteiger partial charge in [-0.25, -0.2) is 0 Å². The number of nitro groups is 1. The molecule has 4 rings (SSSR count). The molecule has 10 heteroatoms. The van der Waals surface area contributed by atoms with E-state index >= 15 is 0 Å². The number of anilines is 2. The molecule has 1 aromatic heterocycles. The van der Waals surface area contributed by atoms with Gasteiger partial charge in [0.05, 0.1) is 10.5 Å². The van der Waals surface area contributed by atoms with Crippen molar-refractivity contribution in [1.82, 2.24) is 5.32 Å². The Balaban J connectivity index is 1.56. The Hall–Kier alpha value is -2.98. The van der Waals surface area contributed by atoms with E-state index in [0.717, 1.165) is 49.0 Å². The summed E-state index contributed by atoms with van der Waals surface area (Å²) in [6.45, 7) is 1.03. The van der Waals surface area contributed by atoms with E-state index in [1.807, 2.05) is 0 Å². The lowest BCUT2D eigenvalue weighted by Gasteiger charge is -2.13. The van der Waals surface area contributed by atoms with E-state index in [-0.39, 0.29) is 23.2 Å². The van der Waals surface area contributed by atoms with E-state index < -0.39 is 10.8 Å². The zero-order chi connectivity index (χ0) is 23.4. The maximum Gasteiger partial charge on any atom is 0.293 e. The molecule has 0 radical (unpaired) electrons. The van der Waals surface area contributed by atoms with Crippen LogP contribution in [0.4, 0.5) is 16.4 Å². The number of methoxy groups -OCH3 is 1. The number of ether oxygens (including phenoxy) is 1. The molecule has 0 saturated heterocycles. The fraction of sp³-hybridized carbons (Fsp3) is 0.478. The normalized spacial score (nSPS) is 14.9. The largest absolute Gasteiger partial charge is 0.385 e. The van der Waals surface area contributed by atoms with E-state index in [0.29, 0.717) is 35.8 Å². The van der Waals surface area contributed by atoms with Crippen LogP contribution < -0.4 is 16.0 Å². The van der Waals surface area contributed by atoms with Gasteiger partial charge >= 0.3 is 0 Å². The third kappa shape index (κ3) is 5.51. The van der Waals surface area contributed by atoms with Crippen LogP contribution in [0.3, 0.4) is 0 Å². The zero-order valence-corrected chi connectivity index (χ0v) is 19.4. The minimum Gasteiger partial charge on any atom is -0.385 e. The fourth-order valence-corrected chi connectivity index (χ4v) is 5.25. The number of amides is 2. The molecule has 1 heterocycles. The van der Waals surface area contributed by atoms with Crippen molar-refractivity contribution in [2.45, 2.75) is 51.0 Å². The molecule has 1 saturated carbocycles. The molecule has 0 bridgehead atoms. The van der Waals surface area contributed by atoms with Gasteiger partial charge in [-0.05, 0) is 62.6 Å². The number of aryl methyl sites for hydroxylation is 1. The lowest BCUT2D eigenvalue weighted by molar-refractivity contribution is -0.384. The van der Waals surface area contributed by atoms with Crippen molar-refractivity contribution in [2.75, 3.05) is 30.9 Å². The Labute approximate surface area is 196 Å². The molecule has 0 atom stereocenters. The maximum absolute atomic E-state index is 13.0. The molecule has 33 heavy (non-hydrogen) atoms. The van der Waals surface area contributed by atoms with Gasteiger partial charge in [0.1, 0.15) is 10.7 Å². The van der Waals surface area contributed by atoms with Crippen molar-refractivity contribution in [3.05, 3.63) is 49.9 Å². The Morgan fingerprint density at radius 2 is 2.00 bits per heavy atom. The maximum atomic E-state index is 13.0. The minimum absolute atomic E-state index is 0.129. The molecule has 2 aromatic rings. The predicted molar refractivity (Wildman–Crippen MR) is 127 cm³/mol. The van der Waals surface area contributed by atoms with Gasteiger partial charge in [-0.1, -0.05) is 0 Å². The number of nitrogens with zero attached hydrogens (tertiary/aromatic N) is 1. The smallest absolute Gasteiger partial charge is 0.293 e. The molecule has 0 aliphatic heterocycles. The number of nitrogens with one attached hydrogen (secondary N) is 3. The van der Waals surface area contributed by atoms with Crippen molar-refractivity contribution < 1.29 is 19.2 Å². The second-order valence-electron chi connectivity index (χ2n) is 8.38. The highest BCUT2D eigenvalue weighted by Crippen LogP contribution is 2.39.